The molecule has 3 aromatic heterocycles. The van der Waals surface area contributed by atoms with Crippen LogP contribution in [0.3, 0.4) is 0 Å². The molecule has 0 spiro atoms. The molecule has 0 unspecified atom stereocenters. The number of H-pyrrole nitrogens is 2. The fourth-order valence-corrected chi connectivity index (χ4v) is 4.80. The van der Waals surface area contributed by atoms with E-state index in [2.05, 4.69) is 25.9 Å². The minimum atomic E-state index is -4.38. The number of thiophene rings is 1. The van der Waals surface area contributed by atoms with Crippen LogP contribution in [-0.2, 0) is 6.18 Å². The van der Waals surface area contributed by atoms with Gasteiger partial charge in [0, 0.05) is 38.1 Å². The Bertz CT molecular complexity index is 1350. The van der Waals surface area contributed by atoms with Crippen LogP contribution in [0.2, 0.25) is 0 Å². The highest BCUT2D eigenvalue weighted by atomic mass is 79.9. The highest BCUT2D eigenvalue weighted by molar-refractivity contribution is 9.10. The SMILES string of the molecule is FC(F)(F)c1ccc(-c2nc(-c3cc(Br)cs3)[nH]c2-c2c[nH]c3ccccc23)cc1. The van der Waals surface area contributed by atoms with Gasteiger partial charge in [-0.1, -0.05) is 30.3 Å². The molecule has 8 heteroatoms. The van der Waals surface area contributed by atoms with E-state index in [1.807, 2.05) is 41.9 Å². The minimum Gasteiger partial charge on any atom is -0.360 e. The molecule has 0 atom stereocenters. The summed E-state index contributed by atoms with van der Waals surface area (Å²) in [4.78, 5) is 12.3. The predicted molar refractivity (Wildman–Crippen MR) is 117 cm³/mol. The number of halogens is 4. The number of benzene rings is 2. The second-order valence-corrected chi connectivity index (χ2v) is 8.59. The number of nitrogens with one attached hydrogen (secondary N) is 2. The Morgan fingerprint density at radius 1 is 1.00 bits per heavy atom. The van der Waals surface area contributed by atoms with Crippen molar-refractivity contribution < 1.29 is 13.2 Å². The molecule has 0 aliphatic heterocycles. The number of imidazole rings is 1. The molecule has 150 valence electrons. The summed E-state index contributed by atoms with van der Waals surface area (Å²) < 4.78 is 39.9. The summed E-state index contributed by atoms with van der Waals surface area (Å²) in [6.07, 6.45) is -2.49. The summed E-state index contributed by atoms with van der Waals surface area (Å²) in [6, 6.07) is 14.9. The first-order valence-electron chi connectivity index (χ1n) is 8.99. The van der Waals surface area contributed by atoms with Crippen molar-refractivity contribution in [2.45, 2.75) is 6.18 Å². The maximum atomic E-state index is 13.0. The van der Waals surface area contributed by atoms with Gasteiger partial charge < -0.3 is 9.97 Å². The number of fused-ring (bicyclic) bond motifs is 1. The fourth-order valence-electron chi connectivity index (χ4n) is 3.43. The second kappa shape index (κ2) is 7.14. The van der Waals surface area contributed by atoms with E-state index in [1.165, 1.54) is 23.5 Å². The van der Waals surface area contributed by atoms with E-state index in [0.29, 0.717) is 17.1 Å². The van der Waals surface area contributed by atoms with Gasteiger partial charge in [-0.3, -0.25) is 0 Å². The molecule has 5 rings (SSSR count). The Morgan fingerprint density at radius 2 is 1.77 bits per heavy atom. The molecule has 30 heavy (non-hydrogen) atoms. The standard InChI is InChI=1S/C22H13BrF3N3S/c23-14-9-18(30-11-14)21-28-19(12-5-7-13(8-6-12)22(24,25)26)20(29-21)16-10-27-17-4-2-1-3-15(16)17/h1-11,27H,(H,28,29). The zero-order chi connectivity index (χ0) is 20.9. The van der Waals surface area contributed by atoms with Crippen molar-refractivity contribution >= 4 is 38.2 Å². The average molecular weight is 488 g/mol. The van der Waals surface area contributed by atoms with Gasteiger partial charge in [-0.25, -0.2) is 4.98 Å². The molecule has 0 fully saturated rings. The lowest BCUT2D eigenvalue weighted by Crippen LogP contribution is -2.04. The molecule has 2 aromatic carbocycles. The summed E-state index contributed by atoms with van der Waals surface area (Å²) in [5.74, 6) is 0.667. The van der Waals surface area contributed by atoms with E-state index in [4.69, 9.17) is 4.98 Å². The van der Waals surface area contributed by atoms with Gasteiger partial charge in [0.05, 0.1) is 21.8 Å². The molecule has 2 N–H and O–H groups in total. The molecular weight excluding hydrogens is 475 g/mol. The smallest absolute Gasteiger partial charge is 0.360 e. The van der Waals surface area contributed by atoms with Crippen molar-refractivity contribution in [1.29, 1.82) is 0 Å². The lowest BCUT2D eigenvalue weighted by molar-refractivity contribution is -0.137. The Morgan fingerprint density at radius 3 is 2.47 bits per heavy atom. The van der Waals surface area contributed by atoms with Crippen LogP contribution in [0, 0.1) is 0 Å². The number of aromatic nitrogens is 3. The quantitative estimate of drug-likeness (QED) is 0.268. The van der Waals surface area contributed by atoms with E-state index in [-0.39, 0.29) is 0 Å². The summed E-state index contributed by atoms with van der Waals surface area (Å²) in [7, 11) is 0. The van der Waals surface area contributed by atoms with Crippen molar-refractivity contribution in [2.24, 2.45) is 0 Å². The fraction of sp³-hybridized carbons (Fsp3) is 0.0455. The van der Waals surface area contributed by atoms with Crippen molar-refractivity contribution in [3.05, 3.63) is 76.2 Å². The first-order valence-corrected chi connectivity index (χ1v) is 10.7. The van der Waals surface area contributed by atoms with Crippen LogP contribution in [-0.4, -0.2) is 15.0 Å². The third kappa shape index (κ3) is 3.36. The maximum Gasteiger partial charge on any atom is 0.416 e. The molecule has 5 aromatic rings. The monoisotopic (exact) mass is 487 g/mol. The summed E-state index contributed by atoms with van der Waals surface area (Å²) in [5, 5.41) is 2.97. The van der Waals surface area contributed by atoms with Crippen molar-refractivity contribution in [1.82, 2.24) is 15.0 Å². The van der Waals surface area contributed by atoms with Crippen LogP contribution in [0.4, 0.5) is 13.2 Å². The van der Waals surface area contributed by atoms with E-state index >= 15 is 0 Å². The molecule has 0 aliphatic rings. The van der Waals surface area contributed by atoms with Gasteiger partial charge in [0.15, 0.2) is 0 Å². The number of hydrogen-bond donors (Lipinski definition) is 2. The average Bonchev–Trinajstić information content (AvgIpc) is 3.44. The summed E-state index contributed by atoms with van der Waals surface area (Å²) in [5.41, 5.74) is 3.18. The van der Waals surface area contributed by atoms with E-state index < -0.39 is 11.7 Å². The maximum absolute atomic E-state index is 13.0. The molecule has 0 amide bonds. The first kappa shape index (κ1) is 19.1. The van der Waals surface area contributed by atoms with Crippen molar-refractivity contribution in [2.75, 3.05) is 0 Å². The highest BCUT2D eigenvalue weighted by Crippen LogP contribution is 2.39. The second-order valence-electron chi connectivity index (χ2n) is 6.76. The zero-order valence-corrected chi connectivity index (χ0v) is 17.6. The van der Waals surface area contributed by atoms with E-state index in [1.54, 1.807) is 0 Å². The van der Waals surface area contributed by atoms with Gasteiger partial charge in [-0.05, 0) is 40.2 Å². The van der Waals surface area contributed by atoms with Gasteiger partial charge in [0.25, 0.3) is 0 Å². The molecule has 3 nitrogen and oxygen atoms in total. The van der Waals surface area contributed by atoms with Crippen molar-refractivity contribution in [3.8, 4) is 33.2 Å². The van der Waals surface area contributed by atoms with Crippen LogP contribution in [0.5, 0.6) is 0 Å². The lowest BCUT2D eigenvalue weighted by Gasteiger charge is -2.07. The molecular formula is C22H13BrF3N3S. The lowest BCUT2D eigenvalue weighted by atomic mass is 10.0. The largest absolute Gasteiger partial charge is 0.416 e. The van der Waals surface area contributed by atoms with Crippen LogP contribution < -0.4 is 0 Å². The Balaban J connectivity index is 1.70. The van der Waals surface area contributed by atoms with Crippen molar-refractivity contribution in [3.63, 3.8) is 0 Å². The molecule has 3 heterocycles. The highest BCUT2D eigenvalue weighted by Gasteiger charge is 2.30. The van der Waals surface area contributed by atoms with Gasteiger partial charge in [0.2, 0.25) is 0 Å². The summed E-state index contributed by atoms with van der Waals surface area (Å²) >= 11 is 4.98. The van der Waals surface area contributed by atoms with Crippen LogP contribution in [0.15, 0.2) is 70.6 Å². The Kier molecular flexibility index (Phi) is 4.56. The Labute approximate surface area is 181 Å². The topological polar surface area (TPSA) is 44.5 Å². The van der Waals surface area contributed by atoms with Gasteiger partial charge >= 0.3 is 6.18 Å². The molecule has 0 saturated carbocycles. The number of rotatable bonds is 3. The summed E-state index contributed by atoms with van der Waals surface area (Å²) in [6.45, 7) is 0. The number of hydrogen-bond acceptors (Lipinski definition) is 2. The molecule has 0 bridgehead atoms. The van der Waals surface area contributed by atoms with Crippen LogP contribution in [0.1, 0.15) is 5.56 Å². The number of nitrogens with zero attached hydrogens (tertiary/aromatic N) is 1. The normalized spacial score (nSPS) is 12.0. The third-order valence-electron chi connectivity index (χ3n) is 4.85. The van der Waals surface area contributed by atoms with E-state index in [0.717, 1.165) is 43.6 Å². The van der Waals surface area contributed by atoms with Crippen LogP contribution in [0.25, 0.3) is 44.1 Å². The van der Waals surface area contributed by atoms with Gasteiger partial charge in [-0.15, -0.1) is 11.3 Å². The number of aromatic amines is 2. The first-order chi connectivity index (χ1) is 14.4. The molecule has 0 radical (unpaired) electrons. The molecule has 0 saturated heterocycles. The minimum absolute atomic E-state index is 0.605. The predicted octanol–water partition coefficient (Wildman–Crippen LogP) is 7.73. The number of alkyl halides is 3. The Hall–Kier alpha value is -2.84. The van der Waals surface area contributed by atoms with Gasteiger partial charge in [0.1, 0.15) is 5.82 Å². The van der Waals surface area contributed by atoms with Crippen LogP contribution >= 0.6 is 27.3 Å². The van der Waals surface area contributed by atoms with E-state index in [9.17, 15) is 13.2 Å². The van der Waals surface area contributed by atoms with Gasteiger partial charge in [-0.2, -0.15) is 13.2 Å². The third-order valence-corrected chi connectivity index (χ3v) is 6.55. The zero-order valence-electron chi connectivity index (χ0n) is 15.2. The number of para-hydroxylation sites is 1. The molecule has 0 aliphatic carbocycles.